The minimum absolute atomic E-state index is 0.653. The van der Waals surface area contributed by atoms with Crippen LogP contribution in [0.1, 0.15) is 38.6 Å². The number of nitrogens with one attached hydrogen (secondary N) is 1. The van der Waals surface area contributed by atoms with E-state index in [2.05, 4.69) is 54.7 Å². The molecule has 0 aliphatic carbocycles. The van der Waals surface area contributed by atoms with Gasteiger partial charge in [-0.3, -0.25) is 0 Å². The molecule has 1 aromatic heterocycles. The van der Waals surface area contributed by atoms with E-state index in [1.54, 1.807) is 0 Å². The lowest BCUT2D eigenvalue weighted by atomic mass is 10.2. The number of aromatic nitrogens is 2. The number of anilines is 2. The first kappa shape index (κ1) is 15.4. The van der Waals surface area contributed by atoms with Crippen molar-refractivity contribution in [3.8, 4) is 0 Å². The van der Waals surface area contributed by atoms with Gasteiger partial charge in [-0.25, -0.2) is 9.97 Å². The average molecular weight is 294 g/mol. The molecule has 0 bridgehead atoms. The fourth-order valence-electron chi connectivity index (χ4n) is 2.79. The molecule has 1 aliphatic heterocycles. The van der Waals surface area contributed by atoms with Crippen LogP contribution in [0.5, 0.6) is 0 Å². The first-order valence-corrected chi connectivity index (χ1v) is 8.45. The molecule has 1 aliphatic rings. The Labute approximate surface area is 126 Å². The quantitative estimate of drug-likeness (QED) is 0.924. The van der Waals surface area contributed by atoms with Crippen LogP contribution in [0.4, 0.5) is 11.6 Å². The van der Waals surface area contributed by atoms with Crippen LogP contribution in [0, 0.1) is 6.92 Å². The zero-order chi connectivity index (χ0) is 14.7. The summed E-state index contributed by atoms with van der Waals surface area (Å²) in [5.41, 5.74) is 1.17. The lowest BCUT2D eigenvalue weighted by Crippen LogP contribution is -2.41. The number of hydrogen-bond donors (Lipinski definition) is 1. The van der Waals surface area contributed by atoms with Gasteiger partial charge in [0.15, 0.2) is 0 Å². The van der Waals surface area contributed by atoms with E-state index in [-0.39, 0.29) is 0 Å². The maximum absolute atomic E-state index is 4.83. The summed E-state index contributed by atoms with van der Waals surface area (Å²) in [5, 5.41) is 4.52. The third-order valence-electron chi connectivity index (χ3n) is 3.60. The van der Waals surface area contributed by atoms with E-state index in [9.17, 15) is 0 Å². The summed E-state index contributed by atoms with van der Waals surface area (Å²) >= 11 is 2.07. The predicted molar refractivity (Wildman–Crippen MR) is 89.0 cm³/mol. The Balaban J connectivity index is 2.35. The van der Waals surface area contributed by atoms with E-state index in [0.29, 0.717) is 10.5 Å². The fourth-order valence-corrected chi connectivity index (χ4v) is 4.11. The molecule has 1 fully saturated rings. The van der Waals surface area contributed by atoms with Crippen LogP contribution in [0.2, 0.25) is 0 Å². The molecule has 0 radical (unpaired) electrons. The second-order valence-corrected chi connectivity index (χ2v) is 7.48. The Kier molecular flexibility index (Phi) is 5.13. The molecule has 112 valence electrons. The van der Waals surface area contributed by atoms with Gasteiger partial charge in [-0.05, 0) is 13.3 Å². The third-order valence-corrected chi connectivity index (χ3v) is 4.82. The largest absolute Gasteiger partial charge is 0.373 e. The molecule has 4 nitrogen and oxygen atoms in total. The standard InChI is InChI=1S/C15H26N4S/c1-6-7-13-17-14(16-5)12(4)15(18-13)19-8-10(2)20-11(3)9-19/h10-11H,6-9H2,1-5H3,(H,16,17,18). The fraction of sp³-hybridized carbons (Fsp3) is 0.733. The normalized spacial score (nSPS) is 22.9. The number of hydrogen-bond acceptors (Lipinski definition) is 5. The van der Waals surface area contributed by atoms with Gasteiger partial charge < -0.3 is 10.2 Å². The molecule has 0 amide bonds. The van der Waals surface area contributed by atoms with Crippen LogP contribution in [-0.4, -0.2) is 40.6 Å². The highest BCUT2D eigenvalue weighted by molar-refractivity contribution is 8.00. The Morgan fingerprint density at radius 3 is 2.45 bits per heavy atom. The lowest BCUT2D eigenvalue weighted by molar-refractivity contribution is 0.707. The summed E-state index contributed by atoms with van der Waals surface area (Å²) in [5.74, 6) is 3.04. The van der Waals surface area contributed by atoms with Crippen molar-refractivity contribution in [1.82, 2.24) is 9.97 Å². The molecule has 0 saturated carbocycles. The van der Waals surface area contributed by atoms with E-state index in [1.807, 2.05) is 7.05 Å². The van der Waals surface area contributed by atoms with Gasteiger partial charge in [-0.2, -0.15) is 11.8 Å². The number of thioether (sulfide) groups is 1. The molecule has 1 aromatic rings. The highest BCUT2D eigenvalue weighted by atomic mass is 32.2. The number of nitrogens with zero attached hydrogens (tertiary/aromatic N) is 3. The third kappa shape index (κ3) is 3.37. The van der Waals surface area contributed by atoms with Crippen LogP contribution in [0.25, 0.3) is 0 Å². The minimum atomic E-state index is 0.653. The average Bonchev–Trinajstić information content (AvgIpc) is 2.39. The predicted octanol–water partition coefficient (Wildman–Crippen LogP) is 3.11. The maximum Gasteiger partial charge on any atom is 0.137 e. The minimum Gasteiger partial charge on any atom is -0.373 e. The van der Waals surface area contributed by atoms with Crippen LogP contribution >= 0.6 is 11.8 Å². The van der Waals surface area contributed by atoms with Crippen molar-refractivity contribution in [2.24, 2.45) is 0 Å². The molecule has 20 heavy (non-hydrogen) atoms. The van der Waals surface area contributed by atoms with Gasteiger partial charge in [0.1, 0.15) is 17.5 Å². The smallest absolute Gasteiger partial charge is 0.137 e. The van der Waals surface area contributed by atoms with Crippen molar-refractivity contribution in [3.05, 3.63) is 11.4 Å². The summed E-state index contributed by atoms with van der Waals surface area (Å²) in [7, 11) is 1.94. The first-order valence-electron chi connectivity index (χ1n) is 7.50. The van der Waals surface area contributed by atoms with Crippen molar-refractivity contribution in [2.45, 2.75) is 51.0 Å². The van der Waals surface area contributed by atoms with Crippen molar-refractivity contribution in [1.29, 1.82) is 0 Å². The molecule has 2 heterocycles. The summed E-state index contributed by atoms with van der Waals surface area (Å²) in [6, 6.07) is 0. The Bertz CT molecular complexity index is 453. The molecule has 2 atom stereocenters. The zero-order valence-corrected chi connectivity index (χ0v) is 14.0. The summed E-state index contributed by atoms with van der Waals surface area (Å²) in [4.78, 5) is 11.9. The molecule has 0 aromatic carbocycles. The Morgan fingerprint density at radius 2 is 1.90 bits per heavy atom. The number of aryl methyl sites for hydroxylation is 1. The van der Waals surface area contributed by atoms with Gasteiger partial charge >= 0.3 is 0 Å². The first-order chi connectivity index (χ1) is 9.55. The highest BCUT2D eigenvalue weighted by Crippen LogP contribution is 2.31. The Morgan fingerprint density at radius 1 is 1.25 bits per heavy atom. The molecular weight excluding hydrogens is 268 g/mol. The molecule has 2 rings (SSSR count). The van der Waals surface area contributed by atoms with Crippen LogP contribution < -0.4 is 10.2 Å². The summed E-state index contributed by atoms with van der Waals surface area (Å²) < 4.78 is 0. The van der Waals surface area contributed by atoms with Crippen LogP contribution in [-0.2, 0) is 6.42 Å². The summed E-state index contributed by atoms with van der Waals surface area (Å²) in [6.07, 6.45) is 2.02. The SMILES string of the molecule is CCCc1nc(NC)c(C)c(N2CC(C)SC(C)C2)n1. The van der Waals surface area contributed by atoms with Crippen molar-refractivity contribution in [3.63, 3.8) is 0 Å². The van der Waals surface area contributed by atoms with E-state index in [1.165, 1.54) is 5.56 Å². The monoisotopic (exact) mass is 294 g/mol. The van der Waals surface area contributed by atoms with E-state index in [0.717, 1.165) is 43.4 Å². The van der Waals surface area contributed by atoms with Gasteiger partial charge in [-0.15, -0.1) is 0 Å². The second-order valence-electron chi connectivity index (χ2n) is 5.60. The molecule has 5 heteroatoms. The van der Waals surface area contributed by atoms with Gasteiger partial charge in [0.25, 0.3) is 0 Å². The van der Waals surface area contributed by atoms with Gasteiger partial charge in [0.2, 0.25) is 0 Å². The molecule has 1 saturated heterocycles. The molecule has 2 unspecified atom stereocenters. The van der Waals surface area contributed by atoms with Crippen LogP contribution in [0.15, 0.2) is 0 Å². The van der Waals surface area contributed by atoms with E-state index in [4.69, 9.17) is 4.98 Å². The van der Waals surface area contributed by atoms with Gasteiger partial charge in [0, 0.05) is 42.6 Å². The number of rotatable bonds is 4. The van der Waals surface area contributed by atoms with Crippen molar-refractivity contribution < 1.29 is 0 Å². The van der Waals surface area contributed by atoms with Gasteiger partial charge in [0.05, 0.1) is 0 Å². The topological polar surface area (TPSA) is 41.1 Å². The van der Waals surface area contributed by atoms with E-state index >= 15 is 0 Å². The second kappa shape index (κ2) is 6.66. The molecular formula is C15H26N4S. The Hall–Kier alpha value is -0.970. The van der Waals surface area contributed by atoms with Crippen molar-refractivity contribution >= 4 is 23.4 Å². The van der Waals surface area contributed by atoms with Gasteiger partial charge in [-0.1, -0.05) is 20.8 Å². The maximum atomic E-state index is 4.83. The van der Waals surface area contributed by atoms with E-state index < -0.39 is 0 Å². The zero-order valence-electron chi connectivity index (χ0n) is 13.2. The van der Waals surface area contributed by atoms with Crippen molar-refractivity contribution in [2.75, 3.05) is 30.4 Å². The lowest BCUT2D eigenvalue weighted by Gasteiger charge is -2.36. The molecule has 0 spiro atoms. The summed E-state index contributed by atoms with van der Waals surface area (Å²) in [6.45, 7) is 11.0. The molecule has 1 N–H and O–H groups in total. The highest BCUT2D eigenvalue weighted by Gasteiger charge is 2.25. The van der Waals surface area contributed by atoms with Crippen LogP contribution in [0.3, 0.4) is 0 Å².